The van der Waals surface area contributed by atoms with Crippen LogP contribution < -0.4 is 43.4 Å². The Labute approximate surface area is 539 Å². The molecule has 8 atom stereocenters. The number of Topliss-reactive ketones (excluding diaryl/α,β-unsaturated/α-hetero) is 1. The third-order valence-electron chi connectivity index (χ3n) is 17.6. The van der Waals surface area contributed by atoms with E-state index in [-0.39, 0.29) is 93.6 Å². The summed E-state index contributed by atoms with van der Waals surface area (Å²) in [5.74, 6) is -4.64. The van der Waals surface area contributed by atoms with Crippen LogP contribution in [0.3, 0.4) is 0 Å². The second-order valence-corrected chi connectivity index (χ2v) is 26.6. The number of benzene rings is 3. The second kappa shape index (κ2) is 34.2. The third kappa shape index (κ3) is 20.2. The van der Waals surface area contributed by atoms with Crippen LogP contribution in [0.25, 0.3) is 10.9 Å². The van der Waals surface area contributed by atoms with Crippen LogP contribution in [0.15, 0.2) is 72.9 Å². The number of hydrogen-bond acceptors (Lipinski definition) is 14. The Morgan fingerprint density at radius 3 is 1.97 bits per heavy atom. The summed E-state index contributed by atoms with van der Waals surface area (Å²) >= 11 is 2.91. The minimum atomic E-state index is -1.33. The van der Waals surface area contributed by atoms with E-state index in [0.717, 1.165) is 43.2 Å². The number of carbonyl (C=O) groups excluding carboxylic acids is 10. The topological polar surface area (TPSA) is 337 Å². The molecule has 25 heteroatoms. The van der Waals surface area contributed by atoms with Gasteiger partial charge in [0.05, 0.1) is 6.04 Å². The van der Waals surface area contributed by atoms with Gasteiger partial charge in [-0.05, 0) is 130 Å². The number of halogens is 1. The molecule has 4 aromatic rings. The molecular weight excluding hydrogens is 1210 g/mol. The van der Waals surface area contributed by atoms with E-state index in [1.807, 2.05) is 24.3 Å². The van der Waals surface area contributed by atoms with Crippen molar-refractivity contribution in [3.8, 4) is 5.75 Å². The predicted octanol–water partition coefficient (Wildman–Crippen LogP) is 4.60. The summed E-state index contributed by atoms with van der Waals surface area (Å²) in [6.07, 6.45) is 9.49. The number of rotatable bonds is 12. The van der Waals surface area contributed by atoms with Gasteiger partial charge in [0.2, 0.25) is 53.2 Å². The maximum atomic E-state index is 15.1. The molecular formula is C66H88FN11O11S2. The normalized spacial score (nSPS) is 25.1. The summed E-state index contributed by atoms with van der Waals surface area (Å²) in [6.45, 7) is 2.13. The number of unbranched alkanes of at least 4 members (excludes halogenated alkanes) is 1. The number of H-pyrrole nitrogens is 1. The van der Waals surface area contributed by atoms with Crippen LogP contribution in [0.2, 0.25) is 0 Å². The summed E-state index contributed by atoms with van der Waals surface area (Å²) in [6, 6.07) is 8.95. The first-order chi connectivity index (χ1) is 43.8. The zero-order valence-corrected chi connectivity index (χ0v) is 53.4. The highest BCUT2D eigenvalue weighted by atomic mass is 32.2. The van der Waals surface area contributed by atoms with Gasteiger partial charge in [0.1, 0.15) is 53.9 Å². The number of ketones is 1. The van der Waals surface area contributed by atoms with Crippen LogP contribution in [0.1, 0.15) is 138 Å². The molecule has 4 aliphatic rings. The van der Waals surface area contributed by atoms with Crippen molar-refractivity contribution in [2.45, 2.75) is 189 Å². The average molecular weight is 1290 g/mol. The number of primary amides is 1. The molecule has 8 rings (SSSR count). The minimum absolute atomic E-state index is 0.0216. The highest BCUT2D eigenvalue weighted by Gasteiger charge is 2.42. The van der Waals surface area contributed by atoms with Crippen molar-refractivity contribution in [1.29, 1.82) is 0 Å². The van der Waals surface area contributed by atoms with E-state index in [9.17, 15) is 52.6 Å². The number of nitrogens with zero attached hydrogens (tertiary/aromatic N) is 2. The van der Waals surface area contributed by atoms with Gasteiger partial charge < -0.3 is 63.3 Å². The average Bonchev–Trinajstić information content (AvgIpc) is 1.87. The van der Waals surface area contributed by atoms with Crippen LogP contribution in [0.5, 0.6) is 5.75 Å². The van der Waals surface area contributed by atoms with E-state index in [1.165, 1.54) is 64.5 Å². The van der Waals surface area contributed by atoms with Gasteiger partial charge in [-0.2, -0.15) is 23.5 Å². The van der Waals surface area contributed by atoms with Gasteiger partial charge in [-0.1, -0.05) is 68.5 Å². The number of aromatic nitrogens is 1. The molecule has 12 N–H and O–H groups in total. The Balaban J connectivity index is 1.06. The van der Waals surface area contributed by atoms with Crippen LogP contribution in [0.4, 0.5) is 4.39 Å². The molecule has 4 heterocycles. The van der Waals surface area contributed by atoms with Gasteiger partial charge in [-0.25, -0.2) is 4.39 Å². The largest absolute Gasteiger partial charge is 0.508 e. The smallest absolute Gasteiger partial charge is 0.246 e. The van der Waals surface area contributed by atoms with E-state index in [2.05, 4.69) is 36.9 Å². The lowest BCUT2D eigenvalue weighted by atomic mass is 9.85. The quantitative estimate of drug-likeness (QED) is 0.0867. The fourth-order valence-corrected chi connectivity index (χ4v) is 14.5. The highest BCUT2D eigenvalue weighted by Crippen LogP contribution is 2.30. The van der Waals surface area contributed by atoms with Gasteiger partial charge in [0.15, 0.2) is 5.78 Å². The SMILES string of the molecule is C[C@@H]1NC(=O)[C@@H]2CCCN2C(=O)[C@H](CCC2CCCCC2)NC(=O)[C@H](Cc2c[nH]c3ccc(F)cc23)NC(=O)CCC(=O)[C@H](CCCCN)NC(=O)CCSCc2cccc(c2)CSC[C@@H](C(N)=O)NC(=O)[C@@H]2CCCN2C(=O)[C@H](Cc2ccc(O)cc2)NC1=O. The lowest BCUT2D eigenvalue weighted by Crippen LogP contribution is -2.59. The fraction of sp³-hybridized carbons (Fsp3) is 0.545. The lowest BCUT2D eigenvalue weighted by molar-refractivity contribution is -0.143. The molecule has 1 saturated carbocycles. The van der Waals surface area contributed by atoms with E-state index in [0.29, 0.717) is 84.4 Å². The van der Waals surface area contributed by atoms with Crippen molar-refractivity contribution >= 4 is 93.4 Å². The molecule has 3 fully saturated rings. The molecule has 2 saturated heterocycles. The van der Waals surface area contributed by atoms with E-state index >= 15 is 4.79 Å². The number of fused-ring (bicyclic) bond motifs is 5. The van der Waals surface area contributed by atoms with Crippen LogP contribution in [0, 0.1) is 11.7 Å². The molecule has 0 radical (unpaired) electrons. The summed E-state index contributed by atoms with van der Waals surface area (Å²) in [5.41, 5.74) is 15.2. The monoisotopic (exact) mass is 1290 g/mol. The number of nitrogens with one attached hydrogen (secondary N) is 7. The number of hydrogen-bond donors (Lipinski definition) is 10. The number of carbonyl (C=O) groups is 10. The van der Waals surface area contributed by atoms with E-state index in [4.69, 9.17) is 11.5 Å². The van der Waals surface area contributed by atoms with Crippen molar-refractivity contribution in [3.63, 3.8) is 0 Å². The number of phenols is 1. The zero-order chi connectivity index (χ0) is 65.0. The van der Waals surface area contributed by atoms with E-state index in [1.54, 1.807) is 24.4 Å². The first-order valence-electron chi connectivity index (χ1n) is 32.0. The molecule has 3 aliphatic heterocycles. The Morgan fingerprint density at radius 2 is 1.27 bits per heavy atom. The van der Waals surface area contributed by atoms with Crippen molar-refractivity contribution in [2.24, 2.45) is 17.4 Å². The number of amides is 9. The third-order valence-corrected chi connectivity index (χ3v) is 19.8. The lowest BCUT2D eigenvalue weighted by Gasteiger charge is -2.32. The minimum Gasteiger partial charge on any atom is -0.508 e. The van der Waals surface area contributed by atoms with Gasteiger partial charge in [-0.15, -0.1) is 0 Å². The van der Waals surface area contributed by atoms with Crippen LogP contribution in [-0.4, -0.2) is 158 Å². The first-order valence-corrected chi connectivity index (χ1v) is 34.3. The number of aromatic hydroxyl groups is 1. The zero-order valence-electron chi connectivity index (χ0n) is 51.8. The number of aromatic amines is 1. The Morgan fingerprint density at radius 1 is 0.626 bits per heavy atom. The fourth-order valence-electron chi connectivity index (χ4n) is 12.6. The summed E-state index contributed by atoms with van der Waals surface area (Å²) in [7, 11) is 0. The maximum Gasteiger partial charge on any atom is 0.246 e. The van der Waals surface area contributed by atoms with Gasteiger partial charge in [-0.3, -0.25) is 47.9 Å². The van der Waals surface area contributed by atoms with Crippen LogP contribution >= 0.6 is 23.5 Å². The molecule has 91 heavy (non-hydrogen) atoms. The number of phenolic OH excluding ortho intramolecular Hbond substituents is 1. The van der Waals surface area contributed by atoms with Gasteiger partial charge >= 0.3 is 0 Å². The second-order valence-electron chi connectivity index (χ2n) is 24.5. The number of nitrogens with two attached hydrogens (primary N) is 2. The summed E-state index contributed by atoms with van der Waals surface area (Å²) in [4.78, 5) is 148. The summed E-state index contributed by atoms with van der Waals surface area (Å²) in [5, 5.41) is 27.5. The highest BCUT2D eigenvalue weighted by molar-refractivity contribution is 7.98. The molecule has 22 nitrogen and oxygen atoms in total. The molecule has 2 bridgehead atoms. The standard InChI is InChI=1S/C66H88FN11O11S2/c1-40-61(84)75-53(33-42-17-21-47(79)22-18-42)66(89)78-30-9-16-56(78)64(87)76-54(60(69)83)39-91-38-44-13-7-12-43(32-44)37-90-31-27-59(82)72-50(14-5-6-28-68)57(80)25-26-58(81)73-52(34-45-36-70-49-24-20-46(67)35-48(45)49)62(85)74-51(23-19-41-10-3-2-4-11-41)65(88)77-29-8-15-55(77)63(86)71-40/h7,12-13,17-18,20-22,24,32,35-36,40-41,50-56,70,79H,2-6,8-11,14-16,19,23,25-31,33-34,37-39,68H2,1H3,(H2,69,83)(H,71,86)(H,72,82)(H,73,81)(H,74,85)(H,75,84)(H,76,87)/t40-,50-,51-,52-,53-,54-,55-,56-/m0/s1. The maximum absolute atomic E-state index is 15.1. The first kappa shape index (κ1) is 69.4. The van der Waals surface area contributed by atoms with Gasteiger partial charge in [0.25, 0.3) is 0 Å². The Bertz CT molecular complexity index is 3220. The molecule has 0 spiro atoms. The molecule has 0 unspecified atom stereocenters. The Kier molecular flexibility index (Phi) is 26.1. The van der Waals surface area contributed by atoms with Crippen LogP contribution in [-0.2, 0) is 72.3 Å². The van der Waals surface area contributed by atoms with Crippen molar-refractivity contribution in [1.82, 2.24) is 46.7 Å². The van der Waals surface area contributed by atoms with E-state index < -0.39 is 101 Å². The van der Waals surface area contributed by atoms with Gasteiger partial charge in [0, 0.05) is 85.3 Å². The van der Waals surface area contributed by atoms with Crippen molar-refractivity contribution in [3.05, 3.63) is 101 Å². The van der Waals surface area contributed by atoms with Crippen molar-refractivity contribution in [2.75, 3.05) is 31.1 Å². The number of thioether (sulfide) groups is 2. The molecule has 492 valence electrons. The molecule has 1 aliphatic carbocycles. The Hall–Kier alpha value is -7.51. The predicted molar refractivity (Wildman–Crippen MR) is 346 cm³/mol. The summed E-state index contributed by atoms with van der Waals surface area (Å²) < 4.78 is 14.8. The molecule has 1 aromatic heterocycles. The molecule has 9 amide bonds. The molecule has 3 aromatic carbocycles. The van der Waals surface area contributed by atoms with Crippen molar-refractivity contribution < 1.29 is 57.4 Å².